The van der Waals surface area contributed by atoms with E-state index in [9.17, 15) is 12.8 Å². The van der Waals surface area contributed by atoms with Crippen molar-refractivity contribution in [3.05, 3.63) is 82.2 Å². The summed E-state index contributed by atoms with van der Waals surface area (Å²) in [5.41, 5.74) is 2.46. The molecule has 190 valence electrons. The largest absolute Gasteiger partial charge is 0.370 e. The standard InChI is InChI=1S/C26H29BrFN5O2S/c1-18-7-2-3-9-21(18)20-13-25(33-26(30-15-20)22(27)16-31-33)29-14-19-8-6-12-32(17-19)36(34,35)24-11-5-4-10-23(24)28/h2-5,7,9-11,13,16,19-20,29-30H,6,8,12,14-15,17H2,1H3. The molecule has 0 bridgehead atoms. The van der Waals surface area contributed by atoms with Gasteiger partial charge in [-0.1, -0.05) is 36.4 Å². The first-order valence-electron chi connectivity index (χ1n) is 12.1. The van der Waals surface area contributed by atoms with Gasteiger partial charge in [-0.2, -0.15) is 9.40 Å². The summed E-state index contributed by atoms with van der Waals surface area (Å²) in [7, 11) is -3.89. The van der Waals surface area contributed by atoms with Gasteiger partial charge in [0.1, 0.15) is 22.4 Å². The third-order valence-electron chi connectivity index (χ3n) is 6.90. The van der Waals surface area contributed by atoms with Crippen molar-refractivity contribution in [2.45, 2.75) is 30.6 Å². The molecule has 1 saturated heterocycles. The van der Waals surface area contributed by atoms with Crippen LogP contribution in [0.2, 0.25) is 0 Å². The molecule has 2 aliphatic heterocycles. The van der Waals surface area contributed by atoms with Crippen LogP contribution in [0.4, 0.5) is 10.2 Å². The smallest absolute Gasteiger partial charge is 0.245 e. The number of nitrogens with one attached hydrogen (secondary N) is 2. The summed E-state index contributed by atoms with van der Waals surface area (Å²) >= 11 is 3.59. The molecule has 3 heterocycles. The van der Waals surface area contributed by atoms with E-state index in [0.717, 1.165) is 35.5 Å². The zero-order valence-corrected chi connectivity index (χ0v) is 22.4. The van der Waals surface area contributed by atoms with Gasteiger partial charge in [0.2, 0.25) is 10.0 Å². The monoisotopic (exact) mass is 573 g/mol. The van der Waals surface area contributed by atoms with E-state index in [1.54, 1.807) is 12.3 Å². The lowest BCUT2D eigenvalue weighted by atomic mass is 9.94. The number of hydrogen-bond acceptors (Lipinski definition) is 5. The van der Waals surface area contributed by atoms with Crippen LogP contribution in [0.1, 0.15) is 29.9 Å². The molecule has 1 aromatic heterocycles. The number of nitrogens with zero attached hydrogens (tertiary/aromatic N) is 3. The van der Waals surface area contributed by atoms with Gasteiger partial charge in [0.25, 0.3) is 0 Å². The van der Waals surface area contributed by atoms with Gasteiger partial charge in [0.05, 0.1) is 10.7 Å². The minimum Gasteiger partial charge on any atom is -0.370 e. The number of aryl methyl sites for hydroxylation is 1. The van der Waals surface area contributed by atoms with Crippen LogP contribution in [0.5, 0.6) is 0 Å². The van der Waals surface area contributed by atoms with Crippen molar-refractivity contribution in [3.8, 4) is 0 Å². The summed E-state index contributed by atoms with van der Waals surface area (Å²) in [6.07, 6.45) is 5.56. The first kappa shape index (κ1) is 25.0. The first-order chi connectivity index (χ1) is 17.3. The third kappa shape index (κ3) is 4.94. The van der Waals surface area contributed by atoms with E-state index in [-0.39, 0.29) is 16.7 Å². The molecule has 1 fully saturated rings. The molecular formula is C26H29BrFN5O2S. The average molecular weight is 575 g/mol. The van der Waals surface area contributed by atoms with Crippen molar-refractivity contribution in [3.63, 3.8) is 0 Å². The van der Waals surface area contributed by atoms with Gasteiger partial charge >= 0.3 is 0 Å². The van der Waals surface area contributed by atoms with Gasteiger partial charge in [-0.3, -0.25) is 0 Å². The SMILES string of the molecule is Cc1ccccc1C1C=C(NCC2CCCN(S(=O)(=O)c3ccccc3F)C2)n2ncc(Br)c2NC1. The second kappa shape index (κ2) is 10.4. The summed E-state index contributed by atoms with van der Waals surface area (Å²) in [5, 5.41) is 11.6. The number of piperidine rings is 1. The van der Waals surface area contributed by atoms with E-state index in [1.165, 1.54) is 33.6 Å². The number of anilines is 1. The van der Waals surface area contributed by atoms with Crippen molar-refractivity contribution >= 4 is 37.6 Å². The molecule has 0 radical (unpaired) electrons. The van der Waals surface area contributed by atoms with Crippen LogP contribution in [-0.2, 0) is 10.0 Å². The molecule has 5 rings (SSSR count). The number of fused-ring (bicyclic) bond motifs is 1. The first-order valence-corrected chi connectivity index (χ1v) is 14.3. The molecule has 2 aliphatic rings. The molecule has 0 spiro atoms. The van der Waals surface area contributed by atoms with Gasteiger partial charge in [0, 0.05) is 32.1 Å². The summed E-state index contributed by atoms with van der Waals surface area (Å²) in [6, 6.07) is 13.9. The molecule has 0 saturated carbocycles. The molecule has 2 unspecified atom stereocenters. The lowest BCUT2D eigenvalue weighted by molar-refractivity contribution is 0.264. The fourth-order valence-electron chi connectivity index (χ4n) is 4.99. The Morgan fingerprint density at radius 3 is 2.78 bits per heavy atom. The topological polar surface area (TPSA) is 79.3 Å². The van der Waals surface area contributed by atoms with Gasteiger partial charge in [-0.15, -0.1) is 0 Å². The van der Waals surface area contributed by atoms with Crippen molar-refractivity contribution in [1.29, 1.82) is 0 Å². The summed E-state index contributed by atoms with van der Waals surface area (Å²) in [4.78, 5) is -0.261. The van der Waals surface area contributed by atoms with E-state index >= 15 is 0 Å². The van der Waals surface area contributed by atoms with Crippen LogP contribution in [0.15, 0.2) is 70.2 Å². The minimum atomic E-state index is -3.89. The number of halogens is 2. The fourth-order valence-corrected chi connectivity index (χ4v) is 7.01. The zero-order valence-electron chi connectivity index (χ0n) is 20.0. The van der Waals surface area contributed by atoms with Gasteiger partial charge < -0.3 is 10.6 Å². The van der Waals surface area contributed by atoms with Crippen LogP contribution in [-0.4, -0.2) is 48.7 Å². The molecule has 2 atom stereocenters. The Bertz CT molecular complexity index is 1390. The second-order valence-corrected chi connectivity index (χ2v) is 12.1. The van der Waals surface area contributed by atoms with Gasteiger partial charge in [-0.25, -0.2) is 17.5 Å². The van der Waals surface area contributed by atoms with Crippen LogP contribution >= 0.6 is 15.9 Å². The normalized spacial score (nSPS) is 20.7. The molecule has 7 nitrogen and oxygen atoms in total. The van der Waals surface area contributed by atoms with Gasteiger partial charge in [-0.05, 0) is 70.9 Å². The third-order valence-corrected chi connectivity index (χ3v) is 9.38. The summed E-state index contributed by atoms with van der Waals surface area (Å²) < 4.78 is 44.7. The van der Waals surface area contributed by atoms with Crippen LogP contribution in [0.3, 0.4) is 0 Å². The zero-order chi connectivity index (χ0) is 25.3. The number of hydrogen-bond donors (Lipinski definition) is 2. The molecule has 10 heteroatoms. The van der Waals surface area contributed by atoms with Gasteiger partial charge in [0.15, 0.2) is 0 Å². The fraction of sp³-hybridized carbons (Fsp3) is 0.346. The predicted molar refractivity (Wildman–Crippen MR) is 142 cm³/mol. The quantitative estimate of drug-likeness (QED) is 0.443. The lowest BCUT2D eigenvalue weighted by Gasteiger charge is -2.32. The van der Waals surface area contributed by atoms with E-state index in [4.69, 9.17) is 0 Å². The molecule has 0 aliphatic carbocycles. The highest BCUT2D eigenvalue weighted by Gasteiger charge is 2.32. The molecule has 2 N–H and O–H groups in total. The lowest BCUT2D eigenvalue weighted by Crippen LogP contribution is -2.43. The Balaban J connectivity index is 1.36. The maximum atomic E-state index is 14.3. The Kier molecular flexibility index (Phi) is 7.18. The van der Waals surface area contributed by atoms with E-state index in [0.29, 0.717) is 19.6 Å². The van der Waals surface area contributed by atoms with Crippen LogP contribution in [0.25, 0.3) is 5.82 Å². The molecule has 0 amide bonds. The number of aromatic nitrogens is 2. The maximum absolute atomic E-state index is 14.3. The van der Waals surface area contributed by atoms with Crippen molar-refractivity contribution in [1.82, 2.24) is 19.4 Å². The molecular weight excluding hydrogens is 545 g/mol. The van der Waals surface area contributed by atoms with E-state index in [2.05, 4.69) is 62.9 Å². The minimum absolute atomic E-state index is 0.0803. The van der Waals surface area contributed by atoms with Crippen LogP contribution < -0.4 is 10.6 Å². The van der Waals surface area contributed by atoms with Crippen LogP contribution in [0, 0.1) is 18.7 Å². The Morgan fingerprint density at radius 1 is 1.19 bits per heavy atom. The second-order valence-electron chi connectivity index (χ2n) is 9.33. The Hall–Kier alpha value is -2.69. The highest BCUT2D eigenvalue weighted by atomic mass is 79.9. The summed E-state index contributed by atoms with van der Waals surface area (Å²) in [6.45, 7) is 4.14. The van der Waals surface area contributed by atoms with E-state index < -0.39 is 15.8 Å². The number of benzene rings is 2. The van der Waals surface area contributed by atoms with Crippen molar-refractivity contribution in [2.75, 3.05) is 31.5 Å². The average Bonchev–Trinajstić information content (AvgIpc) is 3.14. The molecule has 36 heavy (non-hydrogen) atoms. The Morgan fingerprint density at radius 2 is 1.97 bits per heavy atom. The summed E-state index contributed by atoms with van der Waals surface area (Å²) in [5.74, 6) is 1.22. The number of rotatable bonds is 6. The predicted octanol–water partition coefficient (Wildman–Crippen LogP) is 4.79. The van der Waals surface area contributed by atoms with E-state index in [1.807, 2.05) is 10.7 Å². The highest BCUT2D eigenvalue weighted by molar-refractivity contribution is 9.10. The number of sulfonamides is 1. The highest BCUT2D eigenvalue weighted by Crippen LogP contribution is 2.32. The molecule has 3 aromatic rings. The molecule has 2 aromatic carbocycles. The Labute approximate surface area is 219 Å². The maximum Gasteiger partial charge on any atom is 0.245 e. The van der Waals surface area contributed by atoms with Crippen molar-refractivity contribution in [2.24, 2.45) is 5.92 Å². The van der Waals surface area contributed by atoms with Crippen molar-refractivity contribution < 1.29 is 12.8 Å².